The number of hydrogen-bond acceptors (Lipinski definition) is 3. The maximum atomic E-state index is 12.7. The number of para-hydroxylation sites is 1. The SMILES string of the molecule is Cc1ccc(C)c(NC(=O)CN(C)C(=O)CN2c3ccccc3C[C@H]2C)c1. The molecule has 3 rings (SSSR count). The zero-order valence-corrected chi connectivity index (χ0v) is 16.5. The molecule has 0 aliphatic carbocycles. The van der Waals surface area contributed by atoms with Gasteiger partial charge < -0.3 is 15.1 Å². The highest BCUT2D eigenvalue weighted by molar-refractivity contribution is 5.95. The number of aryl methyl sites for hydroxylation is 2. The second-order valence-electron chi connectivity index (χ2n) is 7.43. The van der Waals surface area contributed by atoms with Crippen molar-refractivity contribution >= 4 is 23.2 Å². The molecule has 5 heteroatoms. The summed E-state index contributed by atoms with van der Waals surface area (Å²) in [4.78, 5) is 28.7. The van der Waals surface area contributed by atoms with Gasteiger partial charge in [0.25, 0.3) is 0 Å². The fourth-order valence-corrected chi connectivity index (χ4v) is 3.50. The second-order valence-corrected chi connectivity index (χ2v) is 7.43. The van der Waals surface area contributed by atoms with E-state index in [1.54, 1.807) is 7.05 Å². The molecule has 0 spiro atoms. The molecule has 1 atom stereocenters. The minimum absolute atomic E-state index is 0.0378. The van der Waals surface area contributed by atoms with E-state index in [9.17, 15) is 9.59 Å². The van der Waals surface area contributed by atoms with Crippen molar-refractivity contribution in [1.29, 1.82) is 0 Å². The quantitative estimate of drug-likeness (QED) is 0.886. The standard InChI is InChI=1S/C22H27N3O2/c1-15-9-10-16(2)19(11-15)23-21(26)13-24(4)22(27)14-25-17(3)12-18-7-5-6-8-20(18)25/h5-11,17H,12-14H2,1-4H3,(H,23,26)/t17-/m1/s1. The van der Waals surface area contributed by atoms with Crippen molar-refractivity contribution in [3.05, 3.63) is 59.2 Å². The summed E-state index contributed by atoms with van der Waals surface area (Å²) in [6.07, 6.45) is 0.945. The summed E-state index contributed by atoms with van der Waals surface area (Å²) in [6, 6.07) is 14.4. The van der Waals surface area contributed by atoms with Crippen molar-refractivity contribution in [2.75, 3.05) is 30.4 Å². The lowest BCUT2D eigenvalue weighted by Gasteiger charge is -2.27. The van der Waals surface area contributed by atoms with Gasteiger partial charge in [0, 0.05) is 24.5 Å². The van der Waals surface area contributed by atoms with Crippen molar-refractivity contribution in [2.24, 2.45) is 0 Å². The van der Waals surface area contributed by atoms with Crippen LogP contribution >= 0.6 is 0 Å². The van der Waals surface area contributed by atoms with E-state index < -0.39 is 0 Å². The van der Waals surface area contributed by atoms with E-state index >= 15 is 0 Å². The van der Waals surface area contributed by atoms with Crippen LogP contribution in [0.4, 0.5) is 11.4 Å². The van der Waals surface area contributed by atoms with Crippen molar-refractivity contribution < 1.29 is 9.59 Å². The molecule has 2 amide bonds. The van der Waals surface area contributed by atoms with Crippen molar-refractivity contribution in [3.8, 4) is 0 Å². The van der Waals surface area contributed by atoms with Crippen LogP contribution in [0.1, 0.15) is 23.6 Å². The summed E-state index contributed by atoms with van der Waals surface area (Å²) < 4.78 is 0. The number of likely N-dealkylation sites (N-methyl/N-ethyl adjacent to an activating group) is 1. The molecular weight excluding hydrogens is 338 g/mol. The highest BCUT2D eigenvalue weighted by atomic mass is 16.2. The molecule has 1 aliphatic rings. The zero-order valence-electron chi connectivity index (χ0n) is 16.5. The summed E-state index contributed by atoms with van der Waals surface area (Å²) in [5.41, 5.74) is 5.27. The fraction of sp³-hybridized carbons (Fsp3) is 0.364. The summed E-state index contributed by atoms with van der Waals surface area (Å²) >= 11 is 0. The monoisotopic (exact) mass is 365 g/mol. The van der Waals surface area contributed by atoms with E-state index in [0.717, 1.165) is 28.9 Å². The Morgan fingerprint density at radius 1 is 1.19 bits per heavy atom. The normalized spacial score (nSPS) is 15.4. The van der Waals surface area contributed by atoms with E-state index in [4.69, 9.17) is 0 Å². The average molecular weight is 365 g/mol. The fourth-order valence-electron chi connectivity index (χ4n) is 3.50. The first kappa shape index (κ1) is 19.0. The molecule has 1 aliphatic heterocycles. The lowest BCUT2D eigenvalue weighted by molar-refractivity contribution is -0.132. The number of anilines is 2. The number of carbonyl (C=O) groups is 2. The van der Waals surface area contributed by atoms with E-state index in [2.05, 4.69) is 29.3 Å². The Kier molecular flexibility index (Phi) is 5.49. The third-order valence-electron chi connectivity index (χ3n) is 5.13. The number of hydrogen-bond donors (Lipinski definition) is 1. The smallest absolute Gasteiger partial charge is 0.243 e. The van der Waals surface area contributed by atoms with Crippen LogP contribution in [0.3, 0.4) is 0 Å². The van der Waals surface area contributed by atoms with Gasteiger partial charge in [0.05, 0.1) is 13.1 Å². The van der Waals surface area contributed by atoms with E-state index in [1.165, 1.54) is 10.5 Å². The third kappa shape index (κ3) is 4.30. The maximum absolute atomic E-state index is 12.7. The first-order chi connectivity index (χ1) is 12.8. The molecule has 1 heterocycles. The summed E-state index contributed by atoms with van der Waals surface area (Å²) in [7, 11) is 1.68. The first-order valence-corrected chi connectivity index (χ1v) is 9.30. The molecule has 0 unspecified atom stereocenters. The van der Waals surface area contributed by atoms with E-state index in [0.29, 0.717) is 0 Å². The lowest BCUT2D eigenvalue weighted by atomic mass is 10.1. The Hall–Kier alpha value is -2.82. The van der Waals surface area contributed by atoms with Crippen LogP contribution in [0, 0.1) is 13.8 Å². The number of carbonyl (C=O) groups excluding carboxylic acids is 2. The minimum Gasteiger partial charge on any atom is -0.359 e. The van der Waals surface area contributed by atoms with Gasteiger partial charge >= 0.3 is 0 Å². The van der Waals surface area contributed by atoms with Gasteiger partial charge in [-0.3, -0.25) is 9.59 Å². The molecule has 0 saturated carbocycles. The number of nitrogens with zero attached hydrogens (tertiary/aromatic N) is 2. The lowest BCUT2D eigenvalue weighted by Crippen LogP contribution is -2.43. The number of amides is 2. The predicted molar refractivity (Wildman–Crippen MR) is 109 cm³/mol. The molecule has 0 saturated heterocycles. The molecule has 0 aromatic heterocycles. The first-order valence-electron chi connectivity index (χ1n) is 9.30. The van der Waals surface area contributed by atoms with Crippen molar-refractivity contribution in [3.63, 3.8) is 0 Å². The molecule has 0 fully saturated rings. The molecule has 2 aromatic rings. The molecule has 27 heavy (non-hydrogen) atoms. The Bertz CT molecular complexity index is 862. The van der Waals surface area contributed by atoms with Crippen LogP contribution in [-0.2, 0) is 16.0 Å². The van der Waals surface area contributed by atoms with Gasteiger partial charge in [0.2, 0.25) is 11.8 Å². The summed E-state index contributed by atoms with van der Waals surface area (Å²) in [5.74, 6) is -0.246. The van der Waals surface area contributed by atoms with Crippen molar-refractivity contribution in [2.45, 2.75) is 33.2 Å². The van der Waals surface area contributed by atoms with E-state index in [1.807, 2.05) is 44.2 Å². The molecule has 0 radical (unpaired) electrons. The van der Waals surface area contributed by atoms with Gasteiger partial charge in [-0.15, -0.1) is 0 Å². The molecule has 142 valence electrons. The third-order valence-corrected chi connectivity index (χ3v) is 5.13. The van der Waals surface area contributed by atoms with Crippen LogP contribution in [0.15, 0.2) is 42.5 Å². The van der Waals surface area contributed by atoms with Crippen LogP contribution in [0.25, 0.3) is 0 Å². The largest absolute Gasteiger partial charge is 0.359 e. The van der Waals surface area contributed by atoms with Gasteiger partial charge in [0.15, 0.2) is 0 Å². The van der Waals surface area contributed by atoms with Crippen LogP contribution in [-0.4, -0.2) is 42.9 Å². The predicted octanol–water partition coefficient (Wildman–Crippen LogP) is 3.15. The van der Waals surface area contributed by atoms with Gasteiger partial charge in [-0.1, -0.05) is 30.3 Å². The highest BCUT2D eigenvalue weighted by Gasteiger charge is 2.28. The topological polar surface area (TPSA) is 52.7 Å². The van der Waals surface area contributed by atoms with Crippen LogP contribution < -0.4 is 10.2 Å². The number of rotatable bonds is 5. The van der Waals surface area contributed by atoms with Crippen LogP contribution in [0.2, 0.25) is 0 Å². The average Bonchev–Trinajstić information content (AvgIpc) is 2.93. The number of fused-ring (bicyclic) bond motifs is 1. The maximum Gasteiger partial charge on any atom is 0.243 e. The van der Waals surface area contributed by atoms with Gasteiger partial charge in [-0.25, -0.2) is 0 Å². The zero-order chi connectivity index (χ0) is 19.6. The molecule has 1 N–H and O–H groups in total. The number of benzene rings is 2. The molecule has 5 nitrogen and oxygen atoms in total. The molecular formula is C22H27N3O2. The molecule has 0 bridgehead atoms. The Morgan fingerprint density at radius 2 is 1.93 bits per heavy atom. The van der Waals surface area contributed by atoms with Crippen molar-refractivity contribution in [1.82, 2.24) is 4.90 Å². The van der Waals surface area contributed by atoms with Gasteiger partial charge in [-0.2, -0.15) is 0 Å². The summed E-state index contributed by atoms with van der Waals surface area (Å²) in [5, 5.41) is 2.91. The second kappa shape index (κ2) is 7.82. The van der Waals surface area contributed by atoms with E-state index in [-0.39, 0.29) is 30.9 Å². The summed E-state index contributed by atoms with van der Waals surface area (Å²) in [6.45, 7) is 6.39. The van der Waals surface area contributed by atoms with Crippen LogP contribution in [0.5, 0.6) is 0 Å². The Morgan fingerprint density at radius 3 is 2.70 bits per heavy atom. The Labute approximate surface area is 161 Å². The highest BCUT2D eigenvalue weighted by Crippen LogP contribution is 2.31. The minimum atomic E-state index is -0.186. The van der Waals surface area contributed by atoms with Gasteiger partial charge in [0.1, 0.15) is 0 Å². The van der Waals surface area contributed by atoms with Gasteiger partial charge in [-0.05, 0) is 56.0 Å². The Balaban J connectivity index is 1.59. The number of nitrogens with one attached hydrogen (secondary N) is 1. The molecule has 2 aromatic carbocycles.